The molecule has 2 rings (SSSR count). The quantitative estimate of drug-likeness (QED) is 0.354. The molecule has 0 atom stereocenters. The summed E-state index contributed by atoms with van der Waals surface area (Å²) in [6.07, 6.45) is 1.12. The molecule has 0 radical (unpaired) electrons. The number of para-hydroxylation sites is 1. The Balaban J connectivity index is 0.000000254. The number of ether oxygens (including phenoxy) is 1. The average molecular weight is 324 g/mol. The summed E-state index contributed by atoms with van der Waals surface area (Å²) >= 11 is 0. The van der Waals surface area contributed by atoms with E-state index in [1.165, 1.54) is 0 Å². The molecule has 0 aliphatic rings. The predicted molar refractivity (Wildman–Crippen MR) is 98.8 cm³/mol. The van der Waals surface area contributed by atoms with Crippen LogP contribution in [0.2, 0.25) is 0 Å². The van der Waals surface area contributed by atoms with E-state index in [0.29, 0.717) is 11.3 Å². The summed E-state index contributed by atoms with van der Waals surface area (Å²) in [5.41, 5.74) is 2.44. The van der Waals surface area contributed by atoms with Crippen LogP contribution in [0.1, 0.15) is 26.3 Å². The van der Waals surface area contributed by atoms with Crippen LogP contribution in [-0.2, 0) is 4.79 Å². The molecule has 0 aliphatic carbocycles. The SMILES string of the molecule is C=C(C(=O)Oc1ccccc1)C(C)C.CC(=CO)c1ccccc1. The first-order valence-electron chi connectivity index (χ1n) is 7.78. The van der Waals surface area contributed by atoms with Crippen LogP contribution in [0, 0.1) is 5.92 Å². The molecule has 1 N–H and O–H groups in total. The van der Waals surface area contributed by atoms with Crippen LogP contribution in [0.3, 0.4) is 0 Å². The van der Waals surface area contributed by atoms with Crippen molar-refractivity contribution >= 4 is 11.5 Å². The number of aliphatic hydroxyl groups excluding tert-OH is 1. The zero-order valence-corrected chi connectivity index (χ0v) is 14.4. The van der Waals surface area contributed by atoms with Crippen molar-refractivity contribution < 1.29 is 14.6 Å². The van der Waals surface area contributed by atoms with Crippen molar-refractivity contribution in [1.82, 2.24) is 0 Å². The van der Waals surface area contributed by atoms with Gasteiger partial charge in [-0.2, -0.15) is 0 Å². The number of carbonyl (C=O) groups excluding carboxylic acids is 1. The summed E-state index contributed by atoms with van der Waals surface area (Å²) in [7, 11) is 0. The predicted octanol–water partition coefficient (Wildman–Crippen LogP) is 5.41. The number of hydrogen-bond acceptors (Lipinski definition) is 3. The van der Waals surface area contributed by atoms with Gasteiger partial charge in [-0.1, -0.05) is 69.0 Å². The highest BCUT2D eigenvalue weighted by Gasteiger charge is 2.12. The number of allylic oxidation sites excluding steroid dienone is 1. The van der Waals surface area contributed by atoms with Crippen molar-refractivity contribution in [3.63, 3.8) is 0 Å². The summed E-state index contributed by atoms with van der Waals surface area (Å²) in [4.78, 5) is 11.4. The van der Waals surface area contributed by atoms with Gasteiger partial charge in [-0.3, -0.25) is 0 Å². The normalized spacial score (nSPS) is 10.6. The maximum atomic E-state index is 11.4. The molecule has 0 spiro atoms. The van der Waals surface area contributed by atoms with Crippen LogP contribution >= 0.6 is 0 Å². The zero-order chi connectivity index (χ0) is 17.9. The Morgan fingerprint density at radius 3 is 2.00 bits per heavy atom. The first-order chi connectivity index (χ1) is 11.5. The van der Waals surface area contributed by atoms with E-state index in [9.17, 15) is 4.79 Å². The number of rotatable bonds is 4. The van der Waals surface area contributed by atoms with Crippen molar-refractivity contribution in [3.05, 3.63) is 84.6 Å². The standard InChI is InChI=1S/C12H14O2.C9H10O/c1-9(2)10(3)12(13)14-11-7-5-4-6-8-11;1-8(7-10)9-5-3-2-4-6-9/h4-9H,3H2,1-2H3;2-7,10H,1H3. The van der Waals surface area contributed by atoms with E-state index in [-0.39, 0.29) is 11.9 Å². The van der Waals surface area contributed by atoms with Gasteiger partial charge in [-0.15, -0.1) is 0 Å². The summed E-state index contributed by atoms with van der Waals surface area (Å²) < 4.78 is 5.10. The lowest BCUT2D eigenvalue weighted by Crippen LogP contribution is -2.14. The third-order valence-corrected chi connectivity index (χ3v) is 3.34. The van der Waals surface area contributed by atoms with E-state index in [1.54, 1.807) is 12.1 Å². The fraction of sp³-hybridized carbons (Fsp3) is 0.190. The van der Waals surface area contributed by atoms with Crippen molar-refractivity contribution in [2.75, 3.05) is 0 Å². The highest BCUT2D eigenvalue weighted by Crippen LogP contribution is 2.14. The van der Waals surface area contributed by atoms with Crippen LogP contribution in [-0.4, -0.2) is 11.1 Å². The molecule has 2 aromatic rings. The molecular formula is C21H24O3. The largest absolute Gasteiger partial charge is 0.515 e. The number of benzene rings is 2. The maximum Gasteiger partial charge on any atom is 0.339 e. The van der Waals surface area contributed by atoms with E-state index in [4.69, 9.17) is 9.84 Å². The van der Waals surface area contributed by atoms with Gasteiger partial charge in [0.2, 0.25) is 0 Å². The Bertz CT molecular complexity index is 671. The van der Waals surface area contributed by atoms with Gasteiger partial charge >= 0.3 is 5.97 Å². The number of aliphatic hydroxyl groups is 1. The molecule has 0 saturated carbocycles. The molecule has 3 nitrogen and oxygen atoms in total. The summed E-state index contributed by atoms with van der Waals surface area (Å²) in [6, 6.07) is 18.8. The number of esters is 1. The van der Waals surface area contributed by atoms with Crippen molar-refractivity contribution in [3.8, 4) is 5.75 Å². The Kier molecular flexibility index (Phi) is 8.06. The van der Waals surface area contributed by atoms with Crippen molar-refractivity contribution in [2.45, 2.75) is 20.8 Å². The third kappa shape index (κ3) is 6.53. The second-order valence-corrected chi connectivity index (χ2v) is 5.56. The molecule has 24 heavy (non-hydrogen) atoms. The lowest BCUT2D eigenvalue weighted by Gasteiger charge is -2.08. The molecule has 0 fully saturated rings. The minimum absolute atomic E-state index is 0.117. The van der Waals surface area contributed by atoms with E-state index in [1.807, 2.05) is 69.3 Å². The summed E-state index contributed by atoms with van der Waals surface area (Å²) in [5, 5.41) is 8.63. The molecule has 2 aromatic carbocycles. The molecule has 126 valence electrons. The molecule has 0 heterocycles. The van der Waals surface area contributed by atoms with E-state index in [2.05, 4.69) is 6.58 Å². The highest BCUT2D eigenvalue weighted by atomic mass is 16.5. The first kappa shape index (κ1) is 19.2. The molecule has 0 aliphatic heterocycles. The van der Waals surface area contributed by atoms with Crippen LogP contribution in [0.25, 0.3) is 5.57 Å². The van der Waals surface area contributed by atoms with E-state index >= 15 is 0 Å². The monoisotopic (exact) mass is 324 g/mol. The summed E-state index contributed by atoms with van der Waals surface area (Å²) in [6.45, 7) is 9.37. The Hall–Kier alpha value is -2.81. The van der Waals surface area contributed by atoms with Gasteiger partial charge in [0.25, 0.3) is 0 Å². The lowest BCUT2D eigenvalue weighted by atomic mass is 10.1. The van der Waals surface area contributed by atoms with Crippen LogP contribution in [0.4, 0.5) is 0 Å². The molecule has 0 amide bonds. The zero-order valence-electron chi connectivity index (χ0n) is 14.4. The topological polar surface area (TPSA) is 46.5 Å². The molecule has 0 bridgehead atoms. The molecule has 0 aromatic heterocycles. The Morgan fingerprint density at radius 1 is 1.04 bits per heavy atom. The lowest BCUT2D eigenvalue weighted by molar-refractivity contribution is -0.130. The summed E-state index contributed by atoms with van der Waals surface area (Å²) in [5.74, 6) is 0.316. The van der Waals surface area contributed by atoms with E-state index in [0.717, 1.165) is 17.4 Å². The van der Waals surface area contributed by atoms with Gasteiger partial charge in [0.1, 0.15) is 5.75 Å². The minimum atomic E-state index is -0.355. The van der Waals surface area contributed by atoms with E-state index < -0.39 is 0 Å². The Morgan fingerprint density at radius 2 is 1.54 bits per heavy atom. The van der Waals surface area contributed by atoms with Gasteiger partial charge < -0.3 is 9.84 Å². The van der Waals surface area contributed by atoms with Crippen LogP contribution in [0.15, 0.2) is 79.1 Å². The van der Waals surface area contributed by atoms with Crippen LogP contribution < -0.4 is 4.74 Å². The van der Waals surface area contributed by atoms with Gasteiger partial charge in [0.05, 0.1) is 6.26 Å². The minimum Gasteiger partial charge on any atom is -0.515 e. The van der Waals surface area contributed by atoms with Gasteiger partial charge in [0, 0.05) is 5.57 Å². The van der Waals surface area contributed by atoms with Crippen LogP contribution in [0.5, 0.6) is 5.75 Å². The molecular weight excluding hydrogens is 300 g/mol. The second-order valence-electron chi connectivity index (χ2n) is 5.56. The number of carbonyl (C=O) groups is 1. The average Bonchev–Trinajstić information content (AvgIpc) is 2.62. The maximum absolute atomic E-state index is 11.4. The fourth-order valence-corrected chi connectivity index (χ4v) is 1.67. The number of hydrogen-bond donors (Lipinski definition) is 1. The second kappa shape index (κ2) is 10.1. The first-order valence-corrected chi connectivity index (χ1v) is 7.78. The third-order valence-electron chi connectivity index (χ3n) is 3.34. The van der Waals surface area contributed by atoms with Gasteiger partial charge in [-0.05, 0) is 36.1 Å². The highest BCUT2D eigenvalue weighted by molar-refractivity contribution is 5.89. The fourth-order valence-electron chi connectivity index (χ4n) is 1.67. The smallest absolute Gasteiger partial charge is 0.339 e. The Labute approximate surface area is 143 Å². The van der Waals surface area contributed by atoms with Gasteiger partial charge in [0.15, 0.2) is 0 Å². The van der Waals surface area contributed by atoms with Crippen molar-refractivity contribution in [2.24, 2.45) is 5.92 Å². The van der Waals surface area contributed by atoms with Gasteiger partial charge in [-0.25, -0.2) is 4.79 Å². The van der Waals surface area contributed by atoms with Crippen molar-refractivity contribution in [1.29, 1.82) is 0 Å². The molecule has 0 unspecified atom stereocenters. The molecule has 0 saturated heterocycles. The molecule has 3 heteroatoms.